The summed E-state index contributed by atoms with van der Waals surface area (Å²) in [7, 11) is -3.43. The molecule has 1 amide bonds. The number of nitrogens with zero attached hydrogens (tertiary/aromatic N) is 3. The van der Waals surface area contributed by atoms with Crippen LogP contribution in [0.4, 0.5) is 0 Å². The van der Waals surface area contributed by atoms with E-state index in [1.165, 1.54) is 0 Å². The molecule has 0 bridgehead atoms. The standard InChI is InChI=1S/C22H27N3O3S/c26-22(24-11-4-5-12-24)20-8-6-7-19(17-20)18-23-13-15-25(16-14-23)29(27,28)21-9-2-1-3-10-21/h1-3,6-10,17H,4-5,11-16,18H2. The van der Waals surface area contributed by atoms with Crippen LogP contribution in [0.2, 0.25) is 0 Å². The zero-order chi connectivity index (χ0) is 20.3. The Morgan fingerprint density at radius 3 is 2.21 bits per heavy atom. The fraction of sp³-hybridized carbons (Fsp3) is 0.409. The molecule has 4 rings (SSSR count). The molecule has 0 aromatic heterocycles. The van der Waals surface area contributed by atoms with E-state index >= 15 is 0 Å². The highest BCUT2D eigenvalue weighted by molar-refractivity contribution is 7.89. The quantitative estimate of drug-likeness (QED) is 0.755. The molecule has 29 heavy (non-hydrogen) atoms. The van der Waals surface area contributed by atoms with Crippen molar-refractivity contribution >= 4 is 15.9 Å². The molecule has 2 aromatic rings. The number of piperazine rings is 1. The summed E-state index contributed by atoms with van der Waals surface area (Å²) in [5, 5.41) is 0. The smallest absolute Gasteiger partial charge is 0.253 e. The molecule has 2 heterocycles. The van der Waals surface area contributed by atoms with Gasteiger partial charge in [-0.1, -0.05) is 30.3 Å². The first-order valence-corrected chi connectivity index (χ1v) is 11.6. The van der Waals surface area contributed by atoms with Crippen LogP contribution in [0.25, 0.3) is 0 Å². The minimum atomic E-state index is -3.43. The van der Waals surface area contributed by atoms with Crippen LogP contribution in [0.1, 0.15) is 28.8 Å². The van der Waals surface area contributed by atoms with E-state index < -0.39 is 10.0 Å². The van der Waals surface area contributed by atoms with Crippen LogP contribution in [-0.4, -0.2) is 67.7 Å². The monoisotopic (exact) mass is 413 g/mol. The Morgan fingerprint density at radius 1 is 0.828 bits per heavy atom. The summed E-state index contributed by atoms with van der Waals surface area (Å²) in [6, 6.07) is 16.4. The third kappa shape index (κ3) is 4.52. The van der Waals surface area contributed by atoms with Gasteiger partial charge < -0.3 is 4.90 Å². The SMILES string of the molecule is O=C(c1cccc(CN2CCN(S(=O)(=O)c3ccccc3)CC2)c1)N1CCCC1. The zero-order valence-corrected chi connectivity index (χ0v) is 17.4. The van der Waals surface area contributed by atoms with Gasteiger partial charge >= 0.3 is 0 Å². The summed E-state index contributed by atoms with van der Waals surface area (Å²) in [5.74, 6) is 0.114. The molecule has 2 fully saturated rings. The number of amides is 1. The fourth-order valence-corrected chi connectivity index (χ4v) is 5.48. The molecule has 2 aromatic carbocycles. The highest BCUT2D eigenvalue weighted by Crippen LogP contribution is 2.19. The third-order valence-corrected chi connectivity index (χ3v) is 7.60. The van der Waals surface area contributed by atoms with E-state index in [1.54, 1.807) is 28.6 Å². The number of hydrogen-bond donors (Lipinski definition) is 0. The molecular formula is C22H27N3O3S. The van der Waals surface area contributed by atoms with E-state index in [2.05, 4.69) is 4.90 Å². The maximum atomic E-state index is 12.8. The number of rotatable bonds is 5. The molecule has 0 unspecified atom stereocenters. The predicted molar refractivity (Wildman–Crippen MR) is 112 cm³/mol. The summed E-state index contributed by atoms with van der Waals surface area (Å²) in [5.41, 5.74) is 1.84. The van der Waals surface area contributed by atoms with Crippen LogP contribution in [0.15, 0.2) is 59.5 Å². The molecule has 2 aliphatic heterocycles. The van der Waals surface area contributed by atoms with Crippen molar-refractivity contribution in [2.45, 2.75) is 24.3 Å². The molecule has 6 nitrogen and oxygen atoms in total. The molecule has 0 aliphatic carbocycles. The molecule has 0 radical (unpaired) electrons. The Kier molecular flexibility index (Phi) is 5.99. The Balaban J connectivity index is 1.36. The van der Waals surface area contributed by atoms with Crippen LogP contribution in [0.3, 0.4) is 0 Å². The van der Waals surface area contributed by atoms with Crippen molar-refractivity contribution in [2.75, 3.05) is 39.3 Å². The fourth-order valence-electron chi connectivity index (χ4n) is 4.03. The summed E-state index contributed by atoms with van der Waals surface area (Å²) >= 11 is 0. The van der Waals surface area contributed by atoms with Gasteiger partial charge in [0.25, 0.3) is 5.91 Å². The maximum Gasteiger partial charge on any atom is 0.253 e. The second-order valence-electron chi connectivity index (χ2n) is 7.69. The van der Waals surface area contributed by atoms with Crippen molar-refractivity contribution in [3.8, 4) is 0 Å². The van der Waals surface area contributed by atoms with E-state index in [1.807, 2.05) is 35.2 Å². The number of sulfonamides is 1. The molecule has 0 spiro atoms. The Hall–Kier alpha value is -2.22. The van der Waals surface area contributed by atoms with Crippen molar-refractivity contribution < 1.29 is 13.2 Å². The number of hydrogen-bond acceptors (Lipinski definition) is 4. The minimum Gasteiger partial charge on any atom is -0.339 e. The Labute approximate surface area is 172 Å². The topological polar surface area (TPSA) is 60.9 Å². The van der Waals surface area contributed by atoms with Crippen molar-refractivity contribution in [1.29, 1.82) is 0 Å². The molecule has 7 heteroatoms. The molecular weight excluding hydrogens is 386 g/mol. The van der Waals surface area contributed by atoms with Gasteiger partial charge in [0.1, 0.15) is 0 Å². The first-order valence-electron chi connectivity index (χ1n) is 10.2. The zero-order valence-electron chi connectivity index (χ0n) is 16.5. The highest BCUT2D eigenvalue weighted by Gasteiger charge is 2.28. The number of carbonyl (C=O) groups is 1. The lowest BCUT2D eigenvalue weighted by atomic mass is 10.1. The number of benzene rings is 2. The number of likely N-dealkylation sites (tertiary alicyclic amines) is 1. The van der Waals surface area contributed by atoms with Crippen molar-refractivity contribution in [2.24, 2.45) is 0 Å². The first kappa shape index (κ1) is 20.1. The van der Waals surface area contributed by atoms with Crippen molar-refractivity contribution in [1.82, 2.24) is 14.1 Å². The van der Waals surface area contributed by atoms with Gasteiger partial charge in [-0.05, 0) is 42.7 Å². The van der Waals surface area contributed by atoms with Gasteiger partial charge in [-0.2, -0.15) is 4.31 Å². The Morgan fingerprint density at radius 2 is 1.52 bits per heavy atom. The van der Waals surface area contributed by atoms with Crippen LogP contribution in [0.5, 0.6) is 0 Å². The first-order chi connectivity index (χ1) is 14.0. The molecule has 0 N–H and O–H groups in total. The summed E-state index contributed by atoms with van der Waals surface area (Å²) in [6.45, 7) is 4.72. The molecule has 154 valence electrons. The minimum absolute atomic E-state index is 0.114. The summed E-state index contributed by atoms with van der Waals surface area (Å²) < 4.78 is 27.1. The lowest BCUT2D eigenvalue weighted by Crippen LogP contribution is -2.48. The van der Waals surface area contributed by atoms with E-state index in [0.717, 1.165) is 43.6 Å². The van der Waals surface area contributed by atoms with E-state index in [0.29, 0.717) is 31.1 Å². The van der Waals surface area contributed by atoms with Crippen LogP contribution in [0, 0.1) is 0 Å². The molecule has 2 aliphatic rings. The molecule has 2 saturated heterocycles. The Bertz CT molecular complexity index is 948. The highest BCUT2D eigenvalue weighted by atomic mass is 32.2. The third-order valence-electron chi connectivity index (χ3n) is 5.69. The normalized spacial score (nSPS) is 18.8. The second-order valence-corrected chi connectivity index (χ2v) is 9.63. The summed E-state index contributed by atoms with van der Waals surface area (Å²) in [6.07, 6.45) is 2.17. The number of carbonyl (C=O) groups excluding carboxylic acids is 1. The molecule has 0 saturated carbocycles. The van der Waals surface area contributed by atoms with Crippen LogP contribution < -0.4 is 0 Å². The predicted octanol–water partition coefficient (Wildman–Crippen LogP) is 2.43. The molecule has 0 atom stereocenters. The lowest BCUT2D eigenvalue weighted by Gasteiger charge is -2.34. The van der Waals surface area contributed by atoms with Gasteiger partial charge in [0.15, 0.2) is 0 Å². The lowest BCUT2D eigenvalue weighted by molar-refractivity contribution is 0.0792. The van der Waals surface area contributed by atoms with Gasteiger partial charge in [-0.15, -0.1) is 0 Å². The van der Waals surface area contributed by atoms with Crippen molar-refractivity contribution in [3.63, 3.8) is 0 Å². The average molecular weight is 414 g/mol. The average Bonchev–Trinajstić information content (AvgIpc) is 3.29. The van der Waals surface area contributed by atoms with Gasteiger partial charge in [0.05, 0.1) is 4.90 Å². The van der Waals surface area contributed by atoms with Gasteiger partial charge in [-0.3, -0.25) is 9.69 Å². The van der Waals surface area contributed by atoms with E-state index in [-0.39, 0.29) is 5.91 Å². The maximum absolute atomic E-state index is 12.8. The van der Waals surface area contributed by atoms with E-state index in [9.17, 15) is 13.2 Å². The second kappa shape index (κ2) is 8.65. The van der Waals surface area contributed by atoms with Gasteiger partial charge in [0, 0.05) is 51.4 Å². The van der Waals surface area contributed by atoms with Crippen molar-refractivity contribution in [3.05, 3.63) is 65.7 Å². The van der Waals surface area contributed by atoms with Gasteiger partial charge in [-0.25, -0.2) is 8.42 Å². The summed E-state index contributed by atoms with van der Waals surface area (Å²) in [4.78, 5) is 17.1. The van der Waals surface area contributed by atoms with Crippen LogP contribution in [-0.2, 0) is 16.6 Å². The van der Waals surface area contributed by atoms with Crippen LogP contribution >= 0.6 is 0 Å². The largest absolute Gasteiger partial charge is 0.339 e. The van der Waals surface area contributed by atoms with Gasteiger partial charge in [0.2, 0.25) is 10.0 Å². The van der Waals surface area contributed by atoms with E-state index in [4.69, 9.17) is 0 Å².